The maximum absolute atomic E-state index is 11.9. The highest BCUT2D eigenvalue weighted by atomic mass is 16.3. The van der Waals surface area contributed by atoms with Crippen molar-refractivity contribution in [1.82, 2.24) is 5.32 Å². The van der Waals surface area contributed by atoms with Crippen molar-refractivity contribution >= 4 is 5.91 Å². The predicted octanol–water partition coefficient (Wildman–Crippen LogP) is 0.964. The number of hydrogen-bond donors (Lipinski definition) is 3. The predicted molar refractivity (Wildman–Crippen MR) is 67.3 cm³/mol. The van der Waals surface area contributed by atoms with Crippen LogP contribution in [-0.4, -0.2) is 23.2 Å². The van der Waals surface area contributed by atoms with Gasteiger partial charge in [0.15, 0.2) is 0 Å². The number of aliphatic hydroxyl groups excluding tert-OH is 1. The molecule has 0 spiro atoms. The van der Waals surface area contributed by atoms with E-state index in [1.54, 1.807) is 0 Å². The third kappa shape index (κ3) is 4.17. The van der Waals surface area contributed by atoms with Crippen LogP contribution in [0.25, 0.3) is 0 Å². The second-order valence-electron chi connectivity index (χ2n) is 4.74. The van der Waals surface area contributed by atoms with Crippen molar-refractivity contribution in [2.75, 3.05) is 6.61 Å². The van der Waals surface area contributed by atoms with Crippen molar-refractivity contribution in [3.05, 3.63) is 35.9 Å². The van der Waals surface area contributed by atoms with E-state index in [1.807, 2.05) is 44.2 Å². The molecule has 94 valence electrons. The van der Waals surface area contributed by atoms with Gasteiger partial charge in [-0.15, -0.1) is 0 Å². The molecule has 4 nitrogen and oxygen atoms in total. The van der Waals surface area contributed by atoms with E-state index in [0.717, 1.165) is 5.56 Å². The lowest BCUT2D eigenvalue weighted by molar-refractivity contribution is -0.124. The van der Waals surface area contributed by atoms with Crippen molar-refractivity contribution in [3.8, 4) is 0 Å². The Kier molecular flexibility index (Phi) is 4.66. The van der Waals surface area contributed by atoms with Crippen molar-refractivity contribution in [1.29, 1.82) is 0 Å². The summed E-state index contributed by atoms with van der Waals surface area (Å²) in [5, 5.41) is 11.7. The lowest BCUT2D eigenvalue weighted by Crippen LogP contribution is -2.47. The van der Waals surface area contributed by atoms with Crippen LogP contribution >= 0.6 is 0 Å². The van der Waals surface area contributed by atoms with Gasteiger partial charge in [-0.1, -0.05) is 30.3 Å². The van der Waals surface area contributed by atoms with Crippen LogP contribution in [0.5, 0.6) is 0 Å². The minimum absolute atomic E-state index is 0.0356. The van der Waals surface area contributed by atoms with Crippen LogP contribution in [0.1, 0.15) is 31.9 Å². The molecule has 1 aromatic carbocycles. The fourth-order valence-corrected chi connectivity index (χ4v) is 1.57. The Labute approximate surface area is 102 Å². The lowest BCUT2D eigenvalue weighted by Gasteiger charge is -2.27. The van der Waals surface area contributed by atoms with Gasteiger partial charge in [0.2, 0.25) is 5.91 Å². The zero-order valence-electron chi connectivity index (χ0n) is 10.3. The molecule has 0 aliphatic rings. The monoisotopic (exact) mass is 236 g/mol. The SMILES string of the molecule is CC(C)(CCO)NC(=O)[C@@H](N)c1ccccc1. The van der Waals surface area contributed by atoms with Crippen LogP contribution < -0.4 is 11.1 Å². The van der Waals surface area contributed by atoms with Crippen LogP contribution in [0.15, 0.2) is 30.3 Å². The number of nitrogens with one attached hydrogen (secondary N) is 1. The van der Waals surface area contributed by atoms with Gasteiger partial charge >= 0.3 is 0 Å². The number of benzene rings is 1. The number of aliphatic hydroxyl groups is 1. The average Bonchev–Trinajstić information content (AvgIpc) is 2.28. The molecule has 0 aromatic heterocycles. The first-order valence-corrected chi connectivity index (χ1v) is 5.70. The standard InChI is InChI=1S/C13H20N2O2/c1-13(2,8-9-16)15-12(17)11(14)10-6-4-3-5-7-10/h3-7,11,16H,8-9,14H2,1-2H3,(H,15,17)/t11-/m0/s1. The number of carbonyl (C=O) groups is 1. The van der Waals surface area contributed by atoms with Gasteiger partial charge in [0.25, 0.3) is 0 Å². The highest BCUT2D eigenvalue weighted by molar-refractivity contribution is 5.83. The number of rotatable bonds is 5. The number of hydrogen-bond acceptors (Lipinski definition) is 3. The van der Waals surface area contributed by atoms with Crippen LogP contribution in [0.2, 0.25) is 0 Å². The van der Waals surface area contributed by atoms with Gasteiger partial charge < -0.3 is 16.2 Å². The van der Waals surface area contributed by atoms with Crippen molar-refractivity contribution in [2.45, 2.75) is 31.8 Å². The molecule has 0 aliphatic heterocycles. The maximum Gasteiger partial charge on any atom is 0.241 e. The third-order valence-corrected chi connectivity index (χ3v) is 2.64. The third-order valence-electron chi connectivity index (χ3n) is 2.64. The molecule has 0 saturated heterocycles. The van der Waals surface area contributed by atoms with E-state index in [1.165, 1.54) is 0 Å². The summed E-state index contributed by atoms with van der Waals surface area (Å²) in [5.41, 5.74) is 6.20. The topological polar surface area (TPSA) is 75.3 Å². The molecule has 0 aliphatic carbocycles. The molecule has 4 heteroatoms. The van der Waals surface area contributed by atoms with Crippen LogP contribution in [0.3, 0.4) is 0 Å². The number of carbonyl (C=O) groups excluding carboxylic acids is 1. The fourth-order valence-electron chi connectivity index (χ4n) is 1.57. The fraction of sp³-hybridized carbons (Fsp3) is 0.462. The van der Waals surface area contributed by atoms with E-state index in [9.17, 15) is 4.79 Å². The van der Waals surface area contributed by atoms with Crippen molar-refractivity contribution in [3.63, 3.8) is 0 Å². The maximum atomic E-state index is 11.9. The molecular weight excluding hydrogens is 216 g/mol. The average molecular weight is 236 g/mol. The summed E-state index contributed by atoms with van der Waals surface area (Å²) >= 11 is 0. The zero-order chi connectivity index (χ0) is 12.9. The molecule has 1 atom stereocenters. The second kappa shape index (κ2) is 5.80. The van der Waals surface area contributed by atoms with Gasteiger partial charge in [-0.2, -0.15) is 0 Å². The summed E-state index contributed by atoms with van der Waals surface area (Å²) in [6.07, 6.45) is 0.500. The van der Waals surface area contributed by atoms with Gasteiger partial charge in [0.05, 0.1) is 0 Å². The van der Waals surface area contributed by atoms with E-state index in [0.29, 0.717) is 6.42 Å². The summed E-state index contributed by atoms with van der Waals surface area (Å²) in [5.74, 6) is -0.227. The van der Waals surface area contributed by atoms with E-state index in [2.05, 4.69) is 5.32 Å². The number of amides is 1. The van der Waals surface area contributed by atoms with E-state index >= 15 is 0 Å². The molecule has 1 amide bonds. The molecule has 0 saturated carbocycles. The Morgan fingerprint density at radius 2 is 2.00 bits per heavy atom. The van der Waals surface area contributed by atoms with E-state index in [-0.39, 0.29) is 12.5 Å². The summed E-state index contributed by atoms with van der Waals surface area (Å²) in [6.45, 7) is 3.76. The first-order chi connectivity index (χ1) is 7.96. The molecule has 1 aromatic rings. The van der Waals surface area contributed by atoms with Crippen molar-refractivity contribution < 1.29 is 9.90 Å². The number of nitrogens with two attached hydrogens (primary N) is 1. The molecule has 4 N–H and O–H groups in total. The van der Waals surface area contributed by atoms with Crippen LogP contribution in [0.4, 0.5) is 0 Å². The Bertz CT molecular complexity index is 363. The zero-order valence-corrected chi connectivity index (χ0v) is 10.3. The smallest absolute Gasteiger partial charge is 0.241 e. The Hall–Kier alpha value is -1.39. The molecule has 0 fully saturated rings. The second-order valence-corrected chi connectivity index (χ2v) is 4.74. The van der Waals surface area contributed by atoms with Gasteiger partial charge in [-0.05, 0) is 25.8 Å². The van der Waals surface area contributed by atoms with Crippen LogP contribution in [0, 0.1) is 0 Å². The first kappa shape index (κ1) is 13.7. The quantitative estimate of drug-likeness (QED) is 0.713. The minimum atomic E-state index is -0.672. The molecular formula is C13H20N2O2. The summed E-state index contributed by atoms with van der Waals surface area (Å²) < 4.78 is 0. The van der Waals surface area contributed by atoms with Crippen molar-refractivity contribution in [2.24, 2.45) is 5.73 Å². The Morgan fingerprint density at radius 3 is 2.53 bits per heavy atom. The Balaban J connectivity index is 2.65. The van der Waals surface area contributed by atoms with Gasteiger partial charge in [0.1, 0.15) is 6.04 Å². The molecule has 0 radical (unpaired) electrons. The molecule has 0 bridgehead atoms. The summed E-state index contributed by atoms with van der Waals surface area (Å²) in [4.78, 5) is 11.9. The van der Waals surface area contributed by atoms with Crippen LogP contribution in [-0.2, 0) is 4.79 Å². The molecule has 0 heterocycles. The van der Waals surface area contributed by atoms with Gasteiger partial charge in [-0.3, -0.25) is 4.79 Å². The van der Waals surface area contributed by atoms with E-state index in [4.69, 9.17) is 10.8 Å². The Morgan fingerprint density at radius 1 is 1.41 bits per heavy atom. The normalized spacial score (nSPS) is 13.2. The molecule has 0 unspecified atom stereocenters. The van der Waals surface area contributed by atoms with Gasteiger partial charge in [0, 0.05) is 12.1 Å². The van der Waals surface area contributed by atoms with Gasteiger partial charge in [-0.25, -0.2) is 0 Å². The minimum Gasteiger partial charge on any atom is -0.396 e. The highest BCUT2D eigenvalue weighted by Crippen LogP contribution is 2.13. The molecule has 17 heavy (non-hydrogen) atoms. The summed E-state index contributed by atoms with van der Waals surface area (Å²) in [6, 6.07) is 8.55. The lowest BCUT2D eigenvalue weighted by atomic mass is 9.99. The largest absolute Gasteiger partial charge is 0.396 e. The highest BCUT2D eigenvalue weighted by Gasteiger charge is 2.23. The first-order valence-electron chi connectivity index (χ1n) is 5.70. The summed E-state index contributed by atoms with van der Waals surface area (Å²) in [7, 11) is 0. The van der Waals surface area contributed by atoms with E-state index < -0.39 is 11.6 Å². The molecule has 1 rings (SSSR count).